The number of nitro groups is 1. The Kier molecular flexibility index (Phi) is 2.47. The number of nitro benzene ring substituents is 1. The van der Waals surface area contributed by atoms with Crippen LogP contribution in [0.5, 0.6) is 0 Å². The smallest absolute Gasteiger partial charge is 0.407 e. The van der Waals surface area contributed by atoms with Crippen LogP contribution in [0, 0.1) is 17.0 Å². The number of alkyl carbamates (subject to hydrolysis) is 1. The van der Waals surface area contributed by atoms with Gasteiger partial charge in [0.05, 0.1) is 11.0 Å². The van der Waals surface area contributed by atoms with Gasteiger partial charge in [-0.2, -0.15) is 0 Å². The lowest BCUT2D eigenvalue weighted by atomic mass is 10.0. The third-order valence-electron chi connectivity index (χ3n) is 2.51. The van der Waals surface area contributed by atoms with Gasteiger partial charge in [-0.1, -0.05) is 12.1 Å². The van der Waals surface area contributed by atoms with Gasteiger partial charge in [0.15, 0.2) is 0 Å². The summed E-state index contributed by atoms with van der Waals surface area (Å²) in [5.41, 5.74) is 1.33. The van der Waals surface area contributed by atoms with Crippen molar-refractivity contribution in [2.24, 2.45) is 0 Å². The highest BCUT2D eigenvalue weighted by atomic mass is 16.6. The van der Waals surface area contributed by atoms with Crippen LogP contribution >= 0.6 is 0 Å². The Morgan fingerprint density at radius 3 is 2.88 bits per heavy atom. The topological polar surface area (TPSA) is 81.5 Å². The molecule has 6 nitrogen and oxygen atoms in total. The maximum atomic E-state index is 10.8. The number of hydrogen-bond donors (Lipinski definition) is 1. The van der Waals surface area contributed by atoms with Crippen LogP contribution in [0.15, 0.2) is 18.2 Å². The van der Waals surface area contributed by atoms with Crippen molar-refractivity contribution >= 4 is 11.8 Å². The second kappa shape index (κ2) is 3.80. The van der Waals surface area contributed by atoms with Crippen LogP contribution in [0.4, 0.5) is 10.5 Å². The van der Waals surface area contributed by atoms with E-state index in [1.807, 2.05) is 0 Å². The lowest BCUT2D eigenvalue weighted by molar-refractivity contribution is -0.385. The average Bonchev–Trinajstić information content (AvgIpc) is 2.65. The lowest BCUT2D eigenvalue weighted by Gasteiger charge is -2.07. The highest BCUT2D eigenvalue weighted by molar-refractivity contribution is 5.70. The van der Waals surface area contributed by atoms with Gasteiger partial charge in [0, 0.05) is 11.6 Å². The fraction of sp³-hybridized carbons (Fsp3) is 0.300. The molecule has 1 aliphatic heterocycles. The highest BCUT2D eigenvalue weighted by Gasteiger charge is 2.25. The van der Waals surface area contributed by atoms with Crippen molar-refractivity contribution in [1.29, 1.82) is 0 Å². The van der Waals surface area contributed by atoms with E-state index < -0.39 is 11.0 Å². The molecule has 1 amide bonds. The molecule has 1 fully saturated rings. The van der Waals surface area contributed by atoms with Gasteiger partial charge in [-0.3, -0.25) is 10.1 Å². The molecule has 0 saturated carbocycles. The third kappa shape index (κ3) is 1.81. The van der Waals surface area contributed by atoms with E-state index in [1.165, 1.54) is 6.07 Å². The van der Waals surface area contributed by atoms with Crippen molar-refractivity contribution in [3.63, 3.8) is 0 Å². The Labute approximate surface area is 91.4 Å². The zero-order valence-electron chi connectivity index (χ0n) is 8.60. The molecule has 1 aliphatic rings. The first-order chi connectivity index (χ1) is 7.58. The summed E-state index contributed by atoms with van der Waals surface area (Å²) >= 11 is 0. The molecule has 0 aliphatic carbocycles. The van der Waals surface area contributed by atoms with Gasteiger partial charge in [0.1, 0.15) is 6.61 Å². The molecule has 0 radical (unpaired) electrons. The molecule has 1 aromatic carbocycles. The number of hydrogen-bond acceptors (Lipinski definition) is 4. The number of benzene rings is 1. The Morgan fingerprint density at radius 1 is 1.56 bits per heavy atom. The molecule has 0 aromatic heterocycles. The Bertz CT molecular complexity index is 458. The summed E-state index contributed by atoms with van der Waals surface area (Å²) in [6.45, 7) is 1.88. The molecule has 16 heavy (non-hydrogen) atoms. The zero-order chi connectivity index (χ0) is 11.7. The summed E-state index contributed by atoms with van der Waals surface area (Å²) < 4.78 is 4.73. The van der Waals surface area contributed by atoms with E-state index in [4.69, 9.17) is 4.74 Å². The van der Waals surface area contributed by atoms with Crippen LogP contribution < -0.4 is 5.32 Å². The molecule has 1 N–H and O–H groups in total. The van der Waals surface area contributed by atoms with Crippen molar-refractivity contribution in [3.8, 4) is 0 Å². The van der Waals surface area contributed by atoms with Crippen molar-refractivity contribution in [1.82, 2.24) is 5.32 Å². The van der Waals surface area contributed by atoms with Gasteiger partial charge in [-0.05, 0) is 12.5 Å². The summed E-state index contributed by atoms with van der Waals surface area (Å²) in [6.07, 6.45) is -0.492. The maximum absolute atomic E-state index is 10.8. The summed E-state index contributed by atoms with van der Waals surface area (Å²) in [6, 6.07) is 4.58. The van der Waals surface area contributed by atoms with Crippen LogP contribution in [0.25, 0.3) is 0 Å². The van der Waals surface area contributed by atoms with Crippen LogP contribution in [0.1, 0.15) is 17.2 Å². The normalized spacial score (nSPS) is 19.1. The minimum absolute atomic E-state index is 0.0543. The molecule has 1 saturated heterocycles. The SMILES string of the molecule is Cc1ccc([C@@H]2COC(=O)N2)cc1[N+](=O)[O-]. The number of aryl methyl sites for hydroxylation is 1. The standard InChI is InChI=1S/C10H10N2O4/c1-6-2-3-7(4-9(6)12(14)15)8-5-16-10(13)11-8/h2-4,8H,5H2,1H3,(H,11,13)/t8-/m0/s1. The van der Waals surface area contributed by atoms with Gasteiger partial charge >= 0.3 is 6.09 Å². The number of ether oxygens (including phenoxy) is 1. The second-order valence-electron chi connectivity index (χ2n) is 3.60. The highest BCUT2D eigenvalue weighted by Crippen LogP contribution is 2.25. The summed E-state index contributed by atoms with van der Waals surface area (Å²) in [4.78, 5) is 21.2. The Morgan fingerprint density at radius 2 is 2.31 bits per heavy atom. The van der Waals surface area contributed by atoms with Crippen LogP contribution in [0.3, 0.4) is 0 Å². The fourth-order valence-corrected chi connectivity index (χ4v) is 1.60. The summed E-state index contributed by atoms with van der Waals surface area (Å²) in [5.74, 6) is 0. The van der Waals surface area contributed by atoms with E-state index in [-0.39, 0.29) is 18.3 Å². The molecule has 0 spiro atoms. The zero-order valence-corrected chi connectivity index (χ0v) is 8.60. The quantitative estimate of drug-likeness (QED) is 0.609. The van der Waals surface area contributed by atoms with Gasteiger partial charge < -0.3 is 10.1 Å². The molecule has 1 aromatic rings. The molecule has 2 rings (SSSR count). The van der Waals surface area contributed by atoms with Crippen LogP contribution in [0.2, 0.25) is 0 Å². The first-order valence-electron chi connectivity index (χ1n) is 4.76. The van der Waals surface area contributed by atoms with Gasteiger partial charge in [-0.25, -0.2) is 4.79 Å². The number of rotatable bonds is 2. The van der Waals surface area contributed by atoms with E-state index in [1.54, 1.807) is 19.1 Å². The van der Waals surface area contributed by atoms with E-state index in [0.717, 1.165) is 0 Å². The maximum Gasteiger partial charge on any atom is 0.407 e. The fourth-order valence-electron chi connectivity index (χ4n) is 1.60. The minimum atomic E-state index is -0.492. The second-order valence-corrected chi connectivity index (χ2v) is 3.60. The monoisotopic (exact) mass is 222 g/mol. The van der Waals surface area contributed by atoms with Crippen LogP contribution in [-0.2, 0) is 4.74 Å². The number of carbonyl (C=O) groups excluding carboxylic acids is 1. The van der Waals surface area contributed by atoms with E-state index in [2.05, 4.69) is 5.32 Å². The number of cyclic esters (lactones) is 1. The van der Waals surface area contributed by atoms with Crippen LogP contribution in [-0.4, -0.2) is 17.6 Å². The predicted octanol–water partition coefficient (Wildman–Crippen LogP) is 1.68. The van der Waals surface area contributed by atoms with E-state index in [9.17, 15) is 14.9 Å². The molecular weight excluding hydrogens is 212 g/mol. The average molecular weight is 222 g/mol. The molecule has 6 heteroatoms. The van der Waals surface area contributed by atoms with Gasteiger partial charge in [-0.15, -0.1) is 0 Å². The van der Waals surface area contributed by atoms with Gasteiger partial charge in [0.2, 0.25) is 0 Å². The Hall–Kier alpha value is -2.11. The van der Waals surface area contributed by atoms with Gasteiger partial charge in [0.25, 0.3) is 5.69 Å². The minimum Gasteiger partial charge on any atom is -0.447 e. The van der Waals surface area contributed by atoms with E-state index in [0.29, 0.717) is 11.1 Å². The van der Waals surface area contributed by atoms with Crippen molar-refractivity contribution in [2.45, 2.75) is 13.0 Å². The number of nitrogens with one attached hydrogen (secondary N) is 1. The third-order valence-corrected chi connectivity index (χ3v) is 2.51. The number of carbonyl (C=O) groups is 1. The summed E-state index contributed by atoms with van der Waals surface area (Å²) in [5, 5.41) is 13.3. The predicted molar refractivity (Wildman–Crippen MR) is 55.1 cm³/mol. The lowest BCUT2D eigenvalue weighted by Crippen LogP contribution is -2.18. The largest absolute Gasteiger partial charge is 0.447 e. The molecule has 1 atom stereocenters. The molecule has 84 valence electrons. The van der Waals surface area contributed by atoms with E-state index >= 15 is 0 Å². The first kappa shape index (κ1) is 10.4. The number of nitrogens with zero attached hydrogens (tertiary/aromatic N) is 1. The van der Waals surface area contributed by atoms with Crippen molar-refractivity contribution in [2.75, 3.05) is 6.61 Å². The van der Waals surface area contributed by atoms with Crippen molar-refractivity contribution in [3.05, 3.63) is 39.4 Å². The Balaban J connectivity index is 2.32. The van der Waals surface area contributed by atoms with Crippen molar-refractivity contribution < 1.29 is 14.5 Å². The molecule has 0 unspecified atom stereocenters. The molecule has 1 heterocycles. The first-order valence-corrected chi connectivity index (χ1v) is 4.76. The molecular formula is C10H10N2O4. The molecule has 0 bridgehead atoms. The number of amides is 1. The summed E-state index contributed by atoms with van der Waals surface area (Å²) in [7, 11) is 0.